The summed E-state index contributed by atoms with van der Waals surface area (Å²) in [6.07, 6.45) is 0. The number of hydrogen-bond acceptors (Lipinski definition) is 2. The van der Waals surface area contributed by atoms with Gasteiger partial charge in [-0.3, -0.25) is 4.79 Å². The summed E-state index contributed by atoms with van der Waals surface area (Å²) < 4.78 is 5.68. The maximum Gasteiger partial charge on any atom is 0.287 e. The highest BCUT2D eigenvalue weighted by atomic mass is 35.5. The van der Waals surface area contributed by atoms with Crippen LogP contribution in [0.3, 0.4) is 0 Å². The SMILES string of the molecule is Cc1c(C(=O)N[C@H](C)c2ccccc2)oc2c(Cl)cccc12. The molecule has 112 valence electrons. The van der Waals surface area contributed by atoms with Crippen LogP contribution in [0.25, 0.3) is 11.0 Å². The molecule has 1 aromatic heterocycles. The Kier molecular flexibility index (Phi) is 3.90. The molecule has 3 rings (SSSR count). The van der Waals surface area contributed by atoms with Crippen molar-refractivity contribution >= 4 is 28.5 Å². The van der Waals surface area contributed by atoms with Crippen LogP contribution >= 0.6 is 11.6 Å². The maximum atomic E-state index is 12.5. The van der Waals surface area contributed by atoms with Gasteiger partial charge < -0.3 is 9.73 Å². The van der Waals surface area contributed by atoms with Crippen LogP contribution in [0, 0.1) is 6.92 Å². The molecule has 3 aromatic rings. The van der Waals surface area contributed by atoms with Crippen LogP contribution in [0.1, 0.15) is 34.6 Å². The van der Waals surface area contributed by atoms with Crippen molar-refractivity contribution in [3.8, 4) is 0 Å². The molecular formula is C18H16ClNO2. The molecule has 0 unspecified atom stereocenters. The van der Waals surface area contributed by atoms with E-state index >= 15 is 0 Å². The van der Waals surface area contributed by atoms with Crippen molar-refractivity contribution < 1.29 is 9.21 Å². The van der Waals surface area contributed by atoms with Crippen LogP contribution < -0.4 is 5.32 Å². The number of rotatable bonds is 3. The van der Waals surface area contributed by atoms with Crippen LogP contribution in [-0.4, -0.2) is 5.91 Å². The third-order valence-corrected chi connectivity index (χ3v) is 4.07. The molecular weight excluding hydrogens is 298 g/mol. The van der Waals surface area contributed by atoms with Crippen molar-refractivity contribution in [3.63, 3.8) is 0 Å². The third-order valence-electron chi connectivity index (χ3n) is 3.77. The second-order valence-corrected chi connectivity index (χ2v) is 5.69. The summed E-state index contributed by atoms with van der Waals surface area (Å²) in [4.78, 5) is 12.5. The lowest BCUT2D eigenvalue weighted by atomic mass is 10.1. The lowest BCUT2D eigenvalue weighted by Gasteiger charge is -2.13. The number of hydrogen-bond donors (Lipinski definition) is 1. The Morgan fingerprint density at radius 1 is 1.14 bits per heavy atom. The fourth-order valence-electron chi connectivity index (χ4n) is 2.51. The molecule has 22 heavy (non-hydrogen) atoms. The first kappa shape index (κ1) is 14.7. The first-order valence-corrected chi connectivity index (χ1v) is 7.49. The van der Waals surface area contributed by atoms with Gasteiger partial charge in [0.1, 0.15) is 0 Å². The Labute approximate surface area is 133 Å². The average molecular weight is 314 g/mol. The van der Waals surface area contributed by atoms with Gasteiger partial charge in [-0.25, -0.2) is 0 Å². The minimum absolute atomic E-state index is 0.100. The van der Waals surface area contributed by atoms with Gasteiger partial charge in [-0.1, -0.05) is 54.1 Å². The van der Waals surface area contributed by atoms with Crippen molar-refractivity contribution in [2.24, 2.45) is 0 Å². The molecule has 0 spiro atoms. The van der Waals surface area contributed by atoms with Gasteiger partial charge >= 0.3 is 0 Å². The molecule has 0 aliphatic carbocycles. The molecule has 3 nitrogen and oxygen atoms in total. The van der Waals surface area contributed by atoms with Crippen LogP contribution in [0.4, 0.5) is 0 Å². The molecule has 1 heterocycles. The van der Waals surface area contributed by atoms with Gasteiger partial charge in [0.25, 0.3) is 5.91 Å². The molecule has 4 heteroatoms. The van der Waals surface area contributed by atoms with Crippen molar-refractivity contribution in [3.05, 3.63) is 70.4 Å². The summed E-state index contributed by atoms with van der Waals surface area (Å²) in [5.74, 6) is 0.0759. The molecule has 0 aliphatic rings. The molecule has 2 aromatic carbocycles. The Bertz CT molecular complexity index is 824. The predicted octanol–water partition coefficient (Wildman–Crippen LogP) is 4.89. The van der Waals surface area contributed by atoms with Gasteiger partial charge in [0.05, 0.1) is 11.1 Å². The summed E-state index contributed by atoms with van der Waals surface area (Å²) in [5.41, 5.74) is 2.40. The Morgan fingerprint density at radius 2 is 1.86 bits per heavy atom. The summed E-state index contributed by atoms with van der Waals surface area (Å²) in [7, 11) is 0. The lowest BCUT2D eigenvalue weighted by molar-refractivity contribution is 0.0913. The monoisotopic (exact) mass is 313 g/mol. The van der Waals surface area contributed by atoms with Crippen LogP contribution in [-0.2, 0) is 0 Å². The highest BCUT2D eigenvalue weighted by Gasteiger charge is 2.20. The van der Waals surface area contributed by atoms with Crippen LogP contribution in [0.15, 0.2) is 52.9 Å². The van der Waals surface area contributed by atoms with Gasteiger partial charge in [-0.15, -0.1) is 0 Å². The summed E-state index contributed by atoms with van der Waals surface area (Å²) in [6, 6.07) is 15.2. The van der Waals surface area contributed by atoms with E-state index in [1.807, 2.05) is 56.3 Å². The Balaban J connectivity index is 1.90. The fraction of sp³-hybridized carbons (Fsp3) is 0.167. The van der Waals surface area contributed by atoms with E-state index in [9.17, 15) is 4.79 Å². The molecule has 0 aliphatic heterocycles. The Morgan fingerprint density at radius 3 is 2.55 bits per heavy atom. The minimum atomic E-state index is -0.235. The summed E-state index contributed by atoms with van der Waals surface area (Å²) >= 11 is 6.12. The summed E-state index contributed by atoms with van der Waals surface area (Å²) in [6.45, 7) is 3.81. The quantitative estimate of drug-likeness (QED) is 0.748. The van der Waals surface area contributed by atoms with E-state index in [4.69, 9.17) is 16.0 Å². The number of amides is 1. The van der Waals surface area contributed by atoms with Gasteiger partial charge in [0.2, 0.25) is 0 Å². The number of benzene rings is 2. The minimum Gasteiger partial charge on any atom is -0.449 e. The molecule has 0 fully saturated rings. The number of halogens is 1. The molecule has 0 saturated carbocycles. The van der Waals surface area contributed by atoms with E-state index in [1.165, 1.54) is 0 Å². The topological polar surface area (TPSA) is 42.2 Å². The molecule has 0 bridgehead atoms. The predicted molar refractivity (Wildman–Crippen MR) is 88.3 cm³/mol. The summed E-state index contributed by atoms with van der Waals surface area (Å²) in [5, 5.41) is 4.33. The molecule has 1 atom stereocenters. The van der Waals surface area contributed by atoms with E-state index < -0.39 is 0 Å². The number of furan rings is 1. The first-order valence-electron chi connectivity index (χ1n) is 7.11. The standard InChI is InChI=1S/C18H16ClNO2/c1-11-14-9-6-10-15(19)17(14)22-16(11)18(21)20-12(2)13-7-4-3-5-8-13/h3-10,12H,1-2H3,(H,20,21)/t12-/m1/s1. The van der Waals surface area contributed by atoms with Gasteiger partial charge in [-0.05, 0) is 25.5 Å². The zero-order valence-electron chi connectivity index (χ0n) is 12.4. The van der Waals surface area contributed by atoms with Crippen molar-refractivity contribution in [1.82, 2.24) is 5.32 Å². The Hall–Kier alpha value is -2.26. The second-order valence-electron chi connectivity index (χ2n) is 5.28. The third kappa shape index (κ3) is 2.60. The fourth-order valence-corrected chi connectivity index (χ4v) is 2.73. The van der Waals surface area contributed by atoms with E-state index in [0.29, 0.717) is 16.4 Å². The van der Waals surface area contributed by atoms with Gasteiger partial charge in [0.15, 0.2) is 11.3 Å². The van der Waals surface area contributed by atoms with Crippen molar-refractivity contribution in [2.75, 3.05) is 0 Å². The first-order chi connectivity index (χ1) is 10.6. The number of carbonyl (C=O) groups is 1. The number of carbonyl (C=O) groups excluding carboxylic acids is 1. The van der Waals surface area contributed by atoms with Crippen LogP contribution in [0.2, 0.25) is 5.02 Å². The highest BCUT2D eigenvalue weighted by Crippen LogP contribution is 2.30. The molecule has 0 saturated heterocycles. The number of para-hydroxylation sites is 1. The van der Waals surface area contributed by atoms with E-state index in [2.05, 4.69) is 5.32 Å². The van der Waals surface area contributed by atoms with E-state index in [0.717, 1.165) is 16.5 Å². The molecule has 0 radical (unpaired) electrons. The normalized spacial score (nSPS) is 12.3. The zero-order chi connectivity index (χ0) is 15.7. The second kappa shape index (κ2) is 5.85. The highest BCUT2D eigenvalue weighted by molar-refractivity contribution is 6.35. The molecule has 1 amide bonds. The molecule has 1 N–H and O–H groups in total. The van der Waals surface area contributed by atoms with Crippen LogP contribution in [0.5, 0.6) is 0 Å². The average Bonchev–Trinajstić information content (AvgIpc) is 2.87. The smallest absolute Gasteiger partial charge is 0.287 e. The van der Waals surface area contributed by atoms with Crippen molar-refractivity contribution in [1.29, 1.82) is 0 Å². The largest absolute Gasteiger partial charge is 0.449 e. The van der Waals surface area contributed by atoms with E-state index in [1.54, 1.807) is 6.07 Å². The maximum absolute atomic E-state index is 12.5. The van der Waals surface area contributed by atoms with Gasteiger partial charge in [-0.2, -0.15) is 0 Å². The van der Waals surface area contributed by atoms with Gasteiger partial charge in [0, 0.05) is 10.9 Å². The van der Waals surface area contributed by atoms with Crippen molar-refractivity contribution in [2.45, 2.75) is 19.9 Å². The lowest BCUT2D eigenvalue weighted by Crippen LogP contribution is -2.26. The zero-order valence-corrected chi connectivity index (χ0v) is 13.1. The number of fused-ring (bicyclic) bond motifs is 1. The number of nitrogens with one attached hydrogen (secondary N) is 1. The number of aryl methyl sites for hydroxylation is 1. The van der Waals surface area contributed by atoms with E-state index in [-0.39, 0.29) is 11.9 Å².